The van der Waals surface area contributed by atoms with Crippen LogP contribution in [0.1, 0.15) is 31.6 Å². The quantitative estimate of drug-likeness (QED) is 0.849. The first-order valence-electron chi connectivity index (χ1n) is 7.45. The van der Waals surface area contributed by atoms with E-state index in [1.165, 1.54) is 18.4 Å². The second kappa shape index (κ2) is 6.49. The molecule has 6 nitrogen and oxygen atoms in total. The first-order valence-corrected chi connectivity index (χ1v) is 8.26. The maximum atomic E-state index is 12.1. The molecule has 0 radical (unpaired) electrons. The highest BCUT2D eigenvalue weighted by Crippen LogP contribution is 2.49. The molecule has 25 heavy (non-hydrogen) atoms. The Kier molecular flexibility index (Phi) is 4.38. The Balaban J connectivity index is 2.24. The molecule has 3 rings (SSSR count). The molecule has 1 atom stereocenters. The van der Waals surface area contributed by atoms with Crippen molar-refractivity contribution < 1.29 is 19.0 Å². The van der Waals surface area contributed by atoms with Crippen LogP contribution in [0, 0.1) is 18.3 Å². The molecular formula is C18H16N2O4S. The molecule has 1 aliphatic rings. The van der Waals surface area contributed by atoms with Gasteiger partial charge in [0.05, 0.1) is 25.0 Å². The lowest BCUT2D eigenvalue weighted by molar-refractivity contribution is 0.0597. The SMILES string of the molecule is COC(=O)c1c(C)sc2c1OC(N)=C(C#N)C2c1cccc(OC)c1. The summed E-state index contributed by atoms with van der Waals surface area (Å²) in [4.78, 5) is 13.6. The number of rotatable bonds is 3. The van der Waals surface area contributed by atoms with E-state index >= 15 is 0 Å². The van der Waals surface area contributed by atoms with Gasteiger partial charge in [0.15, 0.2) is 5.75 Å². The van der Waals surface area contributed by atoms with E-state index in [-0.39, 0.29) is 5.88 Å². The van der Waals surface area contributed by atoms with Crippen molar-refractivity contribution >= 4 is 17.3 Å². The minimum Gasteiger partial charge on any atom is -0.497 e. The van der Waals surface area contributed by atoms with Gasteiger partial charge in [0.1, 0.15) is 23.0 Å². The Morgan fingerprint density at radius 1 is 1.40 bits per heavy atom. The predicted octanol–water partition coefficient (Wildman–Crippen LogP) is 3.07. The average Bonchev–Trinajstić information content (AvgIpc) is 2.95. The normalized spacial score (nSPS) is 15.8. The van der Waals surface area contributed by atoms with Crippen LogP contribution in [-0.4, -0.2) is 20.2 Å². The van der Waals surface area contributed by atoms with Gasteiger partial charge >= 0.3 is 5.97 Å². The molecule has 0 saturated carbocycles. The molecule has 0 aliphatic carbocycles. The molecular weight excluding hydrogens is 340 g/mol. The van der Waals surface area contributed by atoms with E-state index in [2.05, 4.69) is 6.07 Å². The van der Waals surface area contributed by atoms with E-state index in [1.807, 2.05) is 31.2 Å². The van der Waals surface area contributed by atoms with Gasteiger partial charge in [-0.15, -0.1) is 11.3 Å². The summed E-state index contributed by atoms with van der Waals surface area (Å²) in [5.74, 6) is 0.103. The lowest BCUT2D eigenvalue weighted by Gasteiger charge is -2.24. The molecule has 1 aromatic heterocycles. The summed E-state index contributed by atoms with van der Waals surface area (Å²) in [5.41, 5.74) is 7.46. The molecule has 2 N–H and O–H groups in total. The van der Waals surface area contributed by atoms with E-state index in [9.17, 15) is 10.1 Å². The van der Waals surface area contributed by atoms with Gasteiger partial charge in [-0.1, -0.05) is 12.1 Å². The van der Waals surface area contributed by atoms with Crippen LogP contribution >= 0.6 is 11.3 Å². The number of nitrogens with two attached hydrogens (primary N) is 1. The van der Waals surface area contributed by atoms with E-state index in [0.717, 1.165) is 15.3 Å². The van der Waals surface area contributed by atoms with Gasteiger partial charge in [0.25, 0.3) is 0 Å². The zero-order valence-corrected chi connectivity index (χ0v) is 14.8. The fraction of sp³-hybridized carbons (Fsp3) is 0.222. The fourth-order valence-corrected chi connectivity index (χ4v) is 4.09. The zero-order valence-electron chi connectivity index (χ0n) is 14.0. The van der Waals surface area contributed by atoms with Crippen molar-refractivity contribution in [1.82, 2.24) is 0 Å². The van der Waals surface area contributed by atoms with Gasteiger partial charge < -0.3 is 19.9 Å². The van der Waals surface area contributed by atoms with Crippen molar-refractivity contribution in [2.45, 2.75) is 12.8 Å². The third-order valence-electron chi connectivity index (χ3n) is 4.03. The highest BCUT2D eigenvalue weighted by molar-refractivity contribution is 7.12. The Labute approximate surface area is 149 Å². The Bertz CT molecular complexity index is 924. The largest absolute Gasteiger partial charge is 0.497 e. The van der Waals surface area contributed by atoms with Crippen LogP contribution in [0.3, 0.4) is 0 Å². The summed E-state index contributed by atoms with van der Waals surface area (Å²) in [6.45, 7) is 1.81. The van der Waals surface area contributed by atoms with Crippen molar-refractivity contribution in [1.29, 1.82) is 5.26 Å². The molecule has 0 fully saturated rings. The maximum absolute atomic E-state index is 12.1. The fourth-order valence-electron chi connectivity index (χ4n) is 2.87. The van der Waals surface area contributed by atoms with Crippen LogP contribution in [0.2, 0.25) is 0 Å². The molecule has 0 amide bonds. The standard InChI is InChI=1S/C18H16N2O4S/c1-9-13(18(21)23-3)15-16(25-9)14(12(8-19)17(20)24-15)10-5-4-6-11(7-10)22-2/h4-7,14H,20H2,1-3H3. The second-order valence-corrected chi connectivity index (χ2v) is 6.68. The molecule has 128 valence electrons. The predicted molar refractivity (Wildman–Crippen MR) is 92.7 cm³/mol. The number of carbonyl (C=O) groups is 1. The Morgan fingerprint density at radius 3 is 2.80 bits per heavy atom. The molecule has 7 heteroatoms. The first-order chi connectivity index (χ1) is 12.0. The van der Waals surface area contributed by atoms with Gasteiger partial charge in [-0.3, -0.25) is 0 Å². The number of benzene rings is 1. The number of ether oxygens (including phenoxy) is 3. The van der Waals surface area contributed by atoms with Crippen LogP contribution in [0.15, 0.2) is 35.7 Å². The summed E-state index contributed by atoms with van der Waals surface area (Å²) in [5, 5.41) is 9.59. The lowest BCUT2D eigenvalue weighted by Crippen LogP contribution is -2.21. The third kappa shape index (κ3) is 2.71. The number of esters is 1. The van der Waals surface area contributed by atoms with Crippen LogP contribution in [0.25, 0.3) is 0 Å². The van der Waals surface area contributed by atoms with Crippen molar-refractivity contribution in [3.8, 4) is 17.6 Å². The first kappa shape index (κ1) is 16.9. The number of aryl methyl sites for hydroxylation is 1. The smallest absolute Gasteiger partial charge is 0.342 e. The Morgan fingerprint density at radius 2 is 2.16 bits per heavy atom. The Hall–Kier alpha value is -2.98. The van der Waals surface area contributed by atoms with Gasteiger partial charge in [0.2, 0.25) is 5.88 Å². The van der Waals surface area contributed by atoms with Gasteiger partial charge in [-0.25, -0.2) is 4.79 Å². The van der Waals surface area contributed by atoms with E-state index < -0.39 is 11.9 Å². The van der Waals surface area contributed by atoms with Crippen molar-refractivity contribution in [3.63, 3.8) is 0 Å². The number of nitrogens with zero attached hydrogens (tertiary/aromatic N) is 1. The number of hydrogen-bond acceptors (Lipinski definition) is 7. The number of carbonyl (C=O) groups excluding carboxylic acids is 1. The van der Waals surface area contributed by atoms with Crippen LogP contribution in [0.5, 0.6) is 11.5 Å². The maximum Gasteiger partial charge on any atom is 0.342 e. The third-order valence-corrected chi connectivity index (χ3v) is 5.18. The van der Waals surface area contributed by atoms with E-state index in [0.29, 0.717) is 22.6 Å². The molecule has 0 spiro atoms. The van der Waals surface area contributed by atoms with Crippen molar-refractivity contribution in [2.75, 3.05) is 14.2 Å². The number of nitriles is 1. The molecule has 1 aliphatic heterocycles. The topological polar surface area (TPSA) is 94.6 Å². The van der Waals surface area contributed by atoms with Crippen LogP contribution in [0.4, 0.5) is 0 Å². The van der Waals surface area contributed by atoms with Gasteiger partial charge in [-0.2, -0.15) is 5.26 Å². The number of thiophene rings is 1. The van der Waals surface area contributed by atoms with Gasteiger partial charge in [0, 0.05) is 4.88 Å². The van der Waals surface area contributed by atoms with Crippen molar-refractivity contribution in [2.24, 2.45) is 5.73 Å². The molecule has 2 aromatic rings. The summed E-state index contributed by atoms with van der Waals surface area (Å²) in [6, 6.07) is 9.53. The minimum absolute atomic E-state index is 0.00854. The number of hydrogen-bond donors (Lipinski definition) is 1. The molecule has 0 bridgehead atoms. The summed E-state index contributed by atoms with van der Waals surface area (Å²) in [7, 11) is 2.89. The number of fused-ring (bicyclic) bond motifs is 1. The van der Waals surface area contributed by atoms with Crippen LogP contribution < -0.4 is 15.2 Å². The summed E-state index contributed by atoms with van der Waals surface area (Å²) >= 11 is 1.39. The minimum atomic E-state index is -0.493. The second-order valence-electron chi connectivity index (χ2n) is 5.42. The number of allylic oxidation sites excluding steroid dienone is 1. The van der Waals surface area contributed by atoms with Crippen molar-refractivity contribution in [3.05, 3.63) is 56.6 Å². The molecule has 1 unspecified atom stereocenters. The highest BCUT2D eigenvalue weighted by Gasteiger charge is 2.37. The van der Waals surface area contributed by atoms with E-state index in [1.54, 1.807) is 7.11 Å². The lowest BCUT2D eigenvalue weighted by atomic mass is 9.88. The van der Waals surface area contributed by atoms with Gasteiger partial charge in [-0.05, 0) is 24.6 Å². The molecule has 0 saturated heterocycles. The molecule has 2 heterocycles. The highest BCUT2D eigenvalue weighted by atomic mass is 32.1. The van der Waals surface area contributed by atoms with E-state index in [4.69, 9.17) is 19.9 Å². The average molecular weight is 356 g/mol. The summed E-state index contributed by atoms with van der Waals surface area (Å²) in [6.07, 6.45) is 0. The zero-order chi connectivity index (χ0) is 18.1. The summed E-state index contributed by atoms with van der Waals surface area (Å²) < 4.78 is 15.8. The molecule has 1 aromatic carbocycles. The number of methoxy groups -OCH3 is 2. The monoisotopic (exact) mass is 356 g/mol. The van der Waals surface area contributed by atoms with Crippen LogP contribution in [-0.2, 0) is 4.74 Å².